The fraction of sp³-hybridized carbons (Fsp3) is 0.381. The molecule has 3 rings (SSSR count). The van der Waals surface area contributed by atoms with Crippen molar-refractivity contribution >= 4 is 40.3 Å². The van der Waals surface area contributed by atoms with Crippen LogP contribution in [-0.4, -0.2) is 36.1 Å². The number of aromatic nitrogens is 4. The SMILES string of the molecule is CCCCn1c(SCC(=O)Nc2cccc(C(C)=O)c2)nc2c1c(=O)n(C)c(=O)n2C. The third-order valence-electron chi connectivity index (χ3n) is 4.93. The zero-order valence-corrected chi connectivity index (χ0v) is 18.8. The Morgan fingerprint density at radius 3 is 2.58 bits per heavy atom. The van der Waals surface area contributed by atoms with Crippen molar-refractivity contribution in [1.29, 1.82) is 0 Å². The summed E-state index contributed by atoms with van der Waals surface area (Å²) in [5, 5.41) is 3.28. The van der Waals surface area contributed by atoms with Gasteiger partial charge >= 0.3 is 5.69 Å². The zero-order valence-electron chi connectivity index (χ0n) is 18.0. The molecule has 1 aromatic carbocycles. The number of anilines is 1. The molecule has 0 aliphatic heterocycles. The molecular weight excluding hydrogens is 418 g/mol. The number of nitrogens with one attached hydrogen (secondary N) is 1. The van der Waals surface area contributed by atoms with Gasteiger partial charge in [-0.15, -0.1) is 0 Å². The minimum atomic E-state index is -0.447. The largest absolute Gasteiger partial charge is 0.332 e. The van der Waals surface area contributed by atoms with Gasteiger partial charge in [0.1, 0.15) is 0 Å². The third-order valence-corrected chi connectivity index (χ3v) is 5.91. The lowest BCUT2D eigenvalue weighted by atomic mass is 10.1. The number of carbonyl (C=O) groups excluding carboxylic acids is 2. The first-order valence-corrected chi connectivity index (χ1v) is 10.9. The number of amides is 1. The average Bonchev–Trinajstić information content (AvgIpc) is 3.12. The van der Waals surface area contributed by atoms with Gasteiger partial charge in [-0.3, -0.25) is 23.5 Å². The lowest BCUT2D eigenvalue weighted by Gasteiger charge is -2.09. The summed E-state index contributed by atoms with van der Waals surface area (Å²) in [4.78, 5) is 53.5. The number of Topliss-reactive ketones (excluding diaryl/α,β-unsaturated/α-hetero) is 1. The van der Waals surface area contributed by atoms with Gasteiger partial charge in [-0.1, -0.05) is 37.2 Å². The standard InChI is InChI=1S/C21H25N5O4S/c1-5-6-10-26-17-18(24(3)21(30)25(4)19(17)29)23-20(26)31-12-16(28)22-15-9-7-8-14(11-15)13(2)27/h7-9,11H,5-6,10,12H2,1-4H3,(H,22,28). The van der Waals surface area contributed by atoms with E-state index in [2.05, 4.69) is 10.3 Å². The van der Waals surface area contributed by atoms with Gasteiger partial charge < -0.3 is 9.88 Å². The number of benzene rings is 1. The van der Waals surface area contributed by atoms with Crippen LogP contribution >= 0.6 is 11.8 Å². The molecule has 0 fully saturated rings. The molecule has 0 radical (unpaired) electrons. The summed E-state index contributed by atoms with van der Waals surface area (Å²) in [6.07, 6.45) is 1.75. The second-order valence-electron chi connectivity index (χ2n) is 7.25. The fourth-order valence-electron chi connectivity index (χ4n) is 3.20. The van der Waals surface area contributed by atoms with Crippen LogP contribution in [-0.2, 0) is 25.4 Å². The number of rotatable bonds is 8. The van der Waals surface area contributed by atoms with Gasteiger partial charge in [0.15, 0.2) is 22.1 Å². The van der Waals surface area contributed by atoms with Crippen LogP contribution in [0.25, 0.3) is 11.2 Å². The van der Waals surface area contributed by atoms with E-state index in [-0.39, 0.29) is 17.4 Å². The van der Waals surface area contributed by atoms with Crippen LogP contribution in [0, 0.1) is 0 Å². The van der Waals surface area contributed by atoms with E-state index >= 15 is 0 Å². The van der Waals surface area contributed by atoms with E-state index in [1.54, 1.807) is 35.9 Å². The fourth-order valence-corrected chi connectivity index (χ4v) is 4.03. The summed E-state index contributed by atoms with van der Waals surface area (Å²) in [5.41, 5.74) is 0.866. The summed E-state index contributed by atoms with van der Waals surface area (Å²) in [7, 11) is 3.02. The highest BCUT2D eigenvalue weighted by Gasteiger charge is 2.20. The molecular formula is C21H25N5O4S. The van der Waals surface area contributed by atoms with E-state index in [4.69, 9.17) is 0 Å². The van der Waals surface area contributed by atoms with Crippen molar-refractivity contribution in [2.75, 3.05) is 11.1 Å². The van der Waals surface area contributed by atoms with E-state index < -0.39 is 11.2 Å². The van der Waals surface area contributed by atoms with Gasteiger partial charge in [0.25, 0.3) is 5.56 Å². The number of nitrogens with zero attached hydrogens (tertiary/aromatic N) is 4. The molecule has 31 heavy (non-hydrogen) atoms. The van der Waals surface area contributed by atoms with Gasteiger partial charge in [-0.25, -0.2) is 9.78 Å². The number of aryl methyl sites for hydroxylation is 2. The predicted molar refractivity (Wildman–Crippen MR) is 121 cm³/mol. The first kappa shape index (κ1) is 22.5. The maximum Gasteiger partial charge on any atom is 0.332 e. The average molecular weight is 444 g/mol. The molecule has 9 nitrogen and oxygen atoms in total. The van der Waals surface area contributed by atoms with Crippen LogP contribution in [0.3, 0.4) is 0 Å². The Bertz CT molecular complexity index is 1270. The van der Waals surface area contributed by atoms with E-state index in [9.17, 15) is 19.2 Å². The number of unbranched alkanes of at least 4 members (excludes halogenated alkanes) is 1. The Hall–Kier alpha value is -3.14. The van der Waals surface area contributed by atoms with E-state index in [1.165, 1.54) is 30.3 Å². The molecule has 0 bridgehead atoms. The Morgan fingerprint density at radius 2 is 1.90 bits per heavy atom. The molecule has 0 saturated heterocycles. The number of imidazole rings is 1. The molecule has 2 heterocycles. The minimum absolute atomic E-state index is 0.0635. The molecule has 0 unspecified atom stereocenters. The summed E-state index contributed by atoms with van der Waals surface area (Å²) in [6, 6.07) is 6.74. The molecule has 1 N–H and O–H groups in total. The second-order valence-corrected chi connectivity index (χ2v) is 8.19. The Kier molecular flexibility index (Phi) is 6.79. The molecule has 0 atom stereocenters. The summed E-state index contributed by atoms with van der Waals surface area (Å²) >= 11 is 1.20. The molecule has 3 aromatic rings. The van der Waals surface area contributed by atoms with Crippen molar-refractivity contribution in [1.82, 2.24) is 18.7 Å². The molecule has 1 amide bonds. The topological polar surface area (TPSA) is 108 Å². The number of fused-ring (bicyclic) bond motifs is 1. The Balaban J connectivity index is 1.88. The summed E-state index contributed by atoms with van der Waals surface area (Å²) in [6.45, 7) is 4.07. The lowest BCUT2D eigenvalue weighted by Crippen LogP contribution is -2.37. The molecule has 0 aliphatic rings. The molecule has 0 spiro atoms. The highest BCUT2D eigenvalue weighted by atomic mass is 32.2. The van der Waals surface area contributed by atoms with Crippen LogP contribution < -0.4 is 16.6 Å². The molecule has 0 aliphatic carbocycles. The van der Waals surface area contributed by atoms with Crippen molar-refractivity contribution in [2.45, 2.75) is 38.4 Å². The van der Waals surface area contributed by atoms with Gasteiger partial charge in [0.05, 0.1) is 5.75 Å². The van der Waals surface area contributed by atoms with Crippen molar-refractivity contribution < 1.29 is 9.59 Å². The predicted octanol–water partition coefficient (Wildman–Crippen LogP) is 2.17. The van der Waals surface area contributed by atoms with Crippen LogP contribution in [0.4, 0.5) is 5.69 Å². The van der Waals surface area contributed by atoms with Crippen LogP contribution in [0.1, 0.15) is 37.0 Å². The van der Waals surface area contributed by atoms with Crippen molar-refractivity contribution in [2.24, 2.45) is 14.1 Å². The smallest absolute Gasteiger partial charge is 0.325 e. The first-order valence-electron chi connectivity index (χ1n) is 9.94. The highest BCUT2D eigenvalue weighted by Crippen LogP contribution is 2.23. The number of ketones is 1. The van der Waals surface area contributed by atoms with Gasteiger partial charge in [0, 0.05) is 31.9 Å². The Labute approximate surface area is 183 Å². The number of hydrogen-bond donors (Lipinski definition) is 1. The van der Waals surface area contributed by atoms with E-state index in [1.807, 2.05) is 6.92 Å². The summed E-state index contributed by atoms with van der Waals surface area (Å²) < 4.78 is 4.20. The second kappa shape index (κ2) is 9.34. The first-order chi connectivity index (χ1) is 14.7. The van der Waals surface area contributed by atoms with Crippen LogP contribution in [0.5, 0.6) is 0 Å². The number of hydrogen-bond acceptors (Lipinski definition) is 6. The highest BCUT2D eigenvalue weighted by molar-refractivity contribution is 7.99. The van der Waals surface area contributed by atoms with Crippen molar-refractivity contribution in [3.8, 4) is 0 Å². The van der Waals surface area contributed by atoms with E-state index in [0.29, 0.717) is 34.1 Å². The van der Waals surface area contributed by atoms with Crippen molar-refractivity contribution in [3.63, 3.8) is 0 Å². The van der Waals surface area contributed by atoms with E-state index in [0.717, 1.165) is 17.4 Å². The normalized spacial score (nSPS) is 11.1. The number of thioether (sulfide) groups is 1. The third kappa shape index (κ3) is 4.63. The van der Waals surface area contributed by atoms with Crippen LogP contribution in [0.15, 0.2) is 39.0 Å². The van der Waals surface area contributed by atoms with Gasteiger partial charge in [0.2, 0.25) is 5.91 Å². The Morgan fingerprint density at radius 1 is 1.16 bits per heavy atom. The molecule has 0 saturated carbocycles. The lowest BCUT2D eigenvalue weighted by molar-refractivity contribution is -0.113. The zero-order chi connectivity index (χ0) is 22.7. The number of carbonyl (C=O) groups is 2. The summed E-state index contributed by atoms with van der Waals surface area (Å²) in [5.74, 6) is -0.280. The van der Waals surface area contributed by atoms with Gasteiger partial charge in [-0.05, 0) is 25.5 Å². The molecule has 2 aromatic heterocycles. The molecule has 164 valence electrons. The van der Waals surface area contributed by atoms with Crippen molar-refractivity contribution in [3.05, 3.63) is 50.7 Å². The maximum absolute atomic E-state index is 12.7. The minimum Gasteiger partial charge on any atom is -0.325 e. The van der Waals surface area contributed by atoms with Crippen LogP contribution in [0.2, 0.25) is 0 Å². The van der Waals surface area contributed by atoms with Gasteiger partial charge in [-0.2, -0.15) is 0 Å². The monoisotopic (exact) mass is 443 g/mol. The maximum atomic E-state index is 12.7. The molecule has 10 heteroatoms. The quantitative estimate of drug-likeness (QED) is 0.422.